The van der Waals surface area contributed by atoms with Crippen LogP contribution in [0.25, 0.3) is 0 Å². The fourth-order valence-corrected chi connectivity index (χ4v) is 2.59. The molecule has 9 heteroatoms. The van der Waals surface area contributed by atoms with E-state index in [0.717, 1.165) is 6.07 Å². The van der Waals surface area contributed by atoms with Crippen LogP contribution in [0.1, 0.15) is 26.7 Å². The molecular weight excluding hydrogens is 351 g/mol. The Labute approximate surface area is 148 Å². The smallest absolute Gasteiger partial charge is 0.313 e. The fraction of sp³-hybridized carbons (Fsp3) is 0.471. The largest absolute Gasteiger partial charge is 0.351 e. The number of hydrogen-bond acceptors (Lipinski definition) is 3. The van der Waals surface area contributed by atoms with Crippen molar-refractivity contribution in [3.63, 3.8) is 0 Å². The van der Waals surface area contributed by atoms with Gasteiger partial charge in [0.05, 0.1) is 5.69 Å². The summed E-state index contributed by atoms with van der Waals surface area (Å²) in [7, 11) is 0. The zero-order valence-corrected chi connectivity index (χ0v) is 14.4. The average molecular weight is 371 g/mol. The molecule has 0 radical (unpaired) electrons. The molecule has 1 saturated heterocycles. The molecule has 0 aliphatic carbocycles. The summed E-state index contributed by atoms with van der Waals surface area (Å²) in [5, 5.41) is 4.75. The lowest BCUT2D eigenvalue weighted by Gasteiger charge is -2.33. The molecule has 0 bridgehead atoms. The summed E-state index contributed by atoms with van der Waals surface area (Å²) in [4.78, 5) is 37.3. The normalized spacial score (nSPS) is 17.2. The molecule has 0 saturated carbocycles. The van der Waals surface area contributed by atoms with Crippen molar-refractivity contribution in [2.75, 3.05) is 18.4 Å². The number of hydrogen-bond donors (Lipinski definition) is 2. The lowest BCUT2D eigenvalue weighted by molar-refractivity contribution is -0.144. The molecule has 142 valence electrons. The lowest BCUT2D eigenvalue weighted by atomic mass is 10.0. The molecule has 1 fully saturated rings. The number of likely N-dealkylation sites (tertiary alicyclic amines) is 1. The molecule has 1 aliphatic heterocycles. The van der Waals surface area contributed by atoms with Gasteiger partial charge in [-0.2, -0.15) is 0 Å². The van der Waals surface area contributed by atoms with Gasteiger partial charge >= 0.3 is 11.8 Å². The highest BCUT2D eigenvalue weighted by Crippen LogP contribution is 2.20. The van der Waals surface area contributed by atoms with Gasteiger partial charge in [-0.1, -0.05) is 13.8 Å². The molecule has 3 amide bonds. The van der Waals surface area contributed by atoms with Crippen LogP contribution in [-0.2, 0) is 14.4 Å². The van der Waals surface area contributed by atoms with Crippen molar-refractivity contribution in [2.45, 2.75) is 32.7 Å². The van der Waals surface area contributed by atoms with Gasteiger partial charge in [0, 0.05) is 25.0 Å². The van der Waals surface area contributed by atoms with E-state index >= 15 is 0 Å². The molecule has 26 heavy (non-hydrogen) atoms. The third kappa shape index (κ3) is 4.53. The van der Waals surface area contributed by atoms with Crippen molar-refractivity contribution in [3.05, 3.63) is 29.6 Å². The molecule has 6 nitrogen and oxygen atoms in total. The zero-order chi connectivity index (χ0) is 19.4. The molecule has 1 unspecified atom stereocenters. The van der Waals surface area contributed by atoms with E-state index in [1.54, 1.807) is 13.8 Å². The summed E-state index contributed by atoms with van der Waals surface area (Å²) in [6, 6.07) is 1.20. The highest BCUT2D eigenvalue weighted by atomic mass is 19.2. The minimum atomic E-state index is -1.73. The van der Waals surface area contributed by atoms with Crippen molar-refractivity contribution in [2.24, 2.45) is 5.92 Å². The van der Waals surface area contributed by atoms with Crippen LogP contribution in [0, 0.1) is 23.4 Å². The molecule has 1 heterocycles. The third-order valence-electron chi connectivity index (χ3n) is 4.06. The summed E-state index contributed by atoms with van der Waals surface area (Å²) in [5.74, 6) is -7.16. The Balaban J connectivity index is 2.00. The van der Waals surface area contributed by atoms with E-state index in [-0.39, 0.29) is 24.4 Å². The van der Waals surface area contributed by atoms with Gasteiger partial charge < -0.3 is 15.5 Å². The van der Waals surface area contributed by atoms with Gasteiger partial charge in [-0.3, -0.25) is 14.4 Å². The lowest BCUT2D eigenvalue weighted by Crippen LogP contribution is -2.52. The Bertz CT molecular complexity index is 725. The minimum absolute atomic E-state index is 0.144. The number of halogens is 3. The first-order chi connectivity index (χ1) is 12.2. The Morgan fingerprint density at radius 2 is 1.85 bits per heavy atom. The number of carbonyl (C=O) groups excluding carboxylic acids is 3. The number of nitrogens with zero attached hydrogens (tertiary/aromatic N) is 1. The molecule has 0 aromatic heterocycles. The summed E-state index contributed by atoms with van der Waals surface area (Å²) < 4.78 is 39.7. The summed E-state index contributed by atoms with van der Waals surface area (Å²) in [6.45, 7) is 3.93. The van der Waals surface area contributed by atoms with E-state index in [2.05, 4.69) is 5.32 Å². The topological polar surface area (TPSA) is 78.5 Å². The van der Waals surface area contributed by atoms with Crippen LogP contribution < -0.4 is 10.6 Å². The van der Waals surface area contributed by atoms with Gasteiger partial charge in [0.2, 0.25) is 5.91 Å². The highest BCUT2D eigenvalue weighted by molar-refractivity contribution is 6.39. The van der Waals surface area contributed by atoms with Gasteiger partial charge in [0.1, 0.15) is 0 Å². The van der Waals surface area contributed by atoms with E-state index in [9.17, 15) is 27.6 Å². The monoisotopic (exact) mass is 371 g/mol. The van der Waals surface area contributed by atoms with Crippen LogP contribution in [0.3, 0.4) is 0 Å². The van der Waals surface area contributed by atoms with Crippen LogP contribution in [0.4, 0.5) is 18.9 Å². The molecule has 1 atom stereocenters. The first-order valence-electron chi connectivity index (χ1n) is 8.24. The zero-order valence-electron chi connectivity index (χ0n) is 14.4. The molecule has 0 spiro atoms. The number of amides is 3. The first kappa shape index (κ1) is 19.7. The van der Waals surface area contributed by atoms with Crippen LogP contribution in [-0.4, -0.2) is 41.8 Å². The molecule has 1 aliphatic rings. The van der Waals surface area contributed by atoms with E-state index in [4.69, 9.17) is 0 Å². The molecule has 2 rings (SSSR count). The van der Waals surface area contributed by atoms with E-state index < -0.39 is 35.0 Å². The van der Waals surface area contributed by atoms with Crippen molar-refractivity contribution < 1.29 is 27.6 Å². The molecule has 1 aromatic carbocycles. The highest BCUT2D eigenvalue weighted by Gasteiger charge is 2.29. The van der Waals surface area contributed by atoms with Crippen LogP contribution in [0.15, 0.2) is 12.1 Å². The average Bonchev–Trinajstić information content (AvgIpc) is 2.61. The Morgan fingerprint density at radius 3 is 2.50 bits per heavy atom. The second kappa shape index (κ2) is 8.20. The van der Waals surface area contributed by atoms with Gasteiger partial charge in [0.25, 0.3) is 0 Å². The van der Waals surface area contributed by atoms with Gasteiger partial charge in [-0.05, 0) is 25.0 Å². The van der Waals surface area contributed by atoms with Crippen molar-refractivity contribution in [1.82, 2.24) is 10.2 Å². The Morgan fingerprint density at radius 1 is 1.15 bits per heavy atom. The van der Waals surface area contributed by atoms with Crippen LogP contribution in [0.2, 0.25) is 0 Å². The molecule has 1 aromatic rings. The Hall–Kier alpha value is -2.58. The molecule has 2 N–H and O–H groups in total. The van der Waals surface area contributed by atoms with E-state index in [1.165, 1.54) is 4.90 Å². The number of anilines is 1. The van der Waals surface area contributed by atoms with Crippen LogP contribution in [0.5, 0.6) is 0 Å². The van der Waals surface area contributed by atoms with Crippen molar-refractivity contribution in [1.29, 1.82) is 0 Å². The minimum Gasteiger partial charge on any atom is -0.351 e. The van der Waals surface area contributed by atoms with E-state index in [1.807, 2.05) is 5.32 Å². The SMILES string of the molecule is CC(C)C(=O)NC1CCCN(C(=O)C(=O)Nc2ccc(F)c(F)c2F)C1. The van der Waals surface area contributed by atoms with Gasteiger partial charge in [-0.25, -0.2) is 13.2 Å². The maximum atomic E-state index is 13.6. The van der Waals surface area contributed by atoms with E-state index in [0.29, 0.717) is 25.5 Å². The summed E-state index contributed by atoms with van der Waals surface area (Å²) in [6.07, 6.45) is 1.25. The fourth-order valence-electron chi connectivity index (χ4n) is 2.59. The third-order valence-corrected chi connectivity index (χ3v) is 4.06. The number of benzene rings is 1. The maximum absolute atomic E-state index is 13.6. The number of nitrogens with one attached hydrogen (secondary N) is 2. The number of piperidine rings is 1. The van der Waals surface area contributed by atoms with Gasteiger partial charge in [-0.15, -0.1) is 0 Å². The standard InChI is InChI=1S/C17H20F3N3O3/c1-9(2)15(24)21-10-4-3-7-23(8-10)17(26)16(25)22-12-6-5-11(18)13(19)14(12)20/h5-6,9-10H,3-4,7-8H2,1-2H3,(H,21,24)(H,22,25). The Kier molecular flexibility index (Phi) is 6.23. The van der Waals surface area contributed by atoms with Crippen molar-refractivity contribution >= 4 is 23.4 Å². The second-order valence-electron chi connectivity index (χ2n) is 6.43. The van der Waals surface area contributed by atoms with Crippen LogP contribution >= 0.6 is 0 Å². The number of rotatable bonds is 3. The summed E-state index contributed by atoms with van der Waals surface area (Å²) in [5.41, 5.74) is -0.621. The first-order valence-corrected chi connectivity index (χ1v) is 8.24. The maximum Gasteiger partial charge on any atom is 0.313 e. The quantitative estimate of drug-likeness (QED) is 0.628. The molecular formula is C17H20F3N3O3. The predicted molar refractivity (Wildman–Crippen MR) is 87.5 cm³/mol. The van der Waals surface area contributed by atoms with Crippen molar-refractivity contribution in [3.8, 4) is 0 Å². The predicted octanol–water partition coefficient (Wildman–Crippen LogP) is 1.81. The van der Waals surface area contributed by atoms with Gasteiger partial charge in [0.15, 0.2) is 17.5 Å². The second-order valence-corrected chi connectivity index (χ2v) is 6.43. The summed E-state index contributed by atoms with van der Waals surface area (Å²) >= 11 is 0. The number of carbonyl (C=O) groups is 3.